The van der Waals surface area contributed by atoms with Gasteiger partial charge in [-0.05, 0) is 12.1 Å². The summed E-state index contributed by atoms with van der Waals surface area (Å²) in [5, 5.41) is 9.21. The van der Waals surface area contributed by atoms with Crippen molar-refractivity contribution in [1.82, 2.24) is 0 Å². The van der Waals surface area contributed by atoms with Crippen LogP contribution in [0.2, 0.25) is 0 Å². The van der Waals surface area contributed by atoms with E-state index in [0.717, 1.165) is 0 Å². The van der Waals surface area contributed by atoms with E-state index in [1.54, 1.807) is 19.2 Å². The SMILES string of the molecule is COc1cc(O)ccc1OC1COC1. The molecule has 1 N–H and O–H groups in total. The first-order chi connectivity index (χ1) is 6.79. The van der Waals surface area contributed by atoms with Crippen LogP contribution in [0.5, 0.6) is 17.2 Å². The molecule has 0 aliphatic carbocycles. The van der Waals surface area contributed by atoms with Crippen molar-refractivity contribution in [2.45, 2.75) is 6.10 Å². The lowest BCUT2D eigenvalue weighted by molar-refractivity contribution is -0.0803. The van der Waals surface area contributed by atoms with E-state index in [1.165, 1.54) is 6.07 Å². The van der Waals surface area contributed by atoms with E-state index in [0.29, 0.717) is 24.7 Å². The number of hydrogen-bond acceptors (Lipinski definition) is 4. The van der Waals surface area contributed by atoms with Crippen LogP contribution in [0, 0.1) is 0 Å². The van der Waals surface area contributed by atoms with Crippen molar-refractivity contribution in [3.8, 4) is 17.2 Å². The highest BCUT2D eigenvalue weighted by Crippen LogP contribution is 2.32. The summed E-state index contributed by atoms with van der Waals surface area (Å²) in [5.74, 6) is 1.34. The van der Waals surface area contributed by atoms with Crippen LogP contribution in [-0.4, -0.2) is 31.5 Å². The molecule has 0 radical (unpaired) electrons. The Bertz CT molecular complexity index is 320. The quantitative estimate of drug-likeness (QED) is 0.788. The monoisotopic (exact) mass is 196 g/mol. The van der Waals surface area contributed by atoms with E-state index in [4.69, 9.17) is 14.2 Å². The molecule has 0 spiro atoms. The molecule has 0 amide bonds. The smallest absolute Gasteiger partial charge is 0.164 e. The molecule has 0 aromatic heterocycles. The fraction of sp³-hybridized carbons (Fsp3) is 0.400. The Morgan fingerprint density at radius 3 is 2.71 bits per heavy atom. The molecule has 0 atom stereocenters. The number of methoxy groups -OCH3 is 1. The maximum atomic E-state index is 9.21. The number of phenols is 1. The van der Waals surface area contributed by atoms with Crippen LogP contribution < -0.4 is 9.47 Å². The van der Waals surface area contributed by atoms with Crippen LogP contribution in [0.4, 0.5) is 0 Å². The van der Waals surface area contributed by atoms with Crippen molar-refractivity contribution in [2.24, 2.45) is 0 Å². The largest absolute Gasteiger partial charge is 0.508 e. The topological polar surface area (TPSA) is 47.9 Å². The lowest BCUT2D eigenvalue weighted by Gasteiger charge is -2.27. The molecular formula is C10H12O4. The molecule has 1 aliphatic rings. The molecule has 1 fully saturated rings. The highest BCUT2D eigenvalue weighted by molar-refractivity contribution is 5.45. The second-order valence-electron chi connectivity index (χ2n) is 3.11. The number of phenolic OH excluding ortho intramolecular Hbond substituents is 1. The van der Waals surface area contributed by atoms with Gasteiger partial charge in [-0.2, -0.15) is 0 Å². The maximum absolute atomic E-state index is 9.21. The van der Waals surface area contributed by atoms with Gasteiger partial charge in [-0.1, -0.05) is 0 Å². The van der Waals surface area contributed by atoms with E-state index in [1.807, 2.05) is 0 Å². The van der Waals surface area contributed by atoms with Gasteiger partial charge < -0.3 is 19.3 Å². The predicted octanol–water partition coefficient (Wildman–Crippen LogP) is 1.18. The molecule has 0 saturated carbocycles. The summed E-state index contributed by atoms with van der Waals surface area (Å²) in [7, 11) is 1.54. The van der Waals surface area contributed by atoms with Gasteiger partial charge in [0, 0.05) is 6.07 Å². The molecule has 76 valence electrons. The third-order valence-electron chi connectivity index (χ3n) is 2.05. The first-order valence-electron chi connectivity index (χ1n) is 4.41. The molecule has 0 bridgehead atoms. The van der Waals surface area contributed by atoms with Gasteiger partial charge in [0.05, 0.1) is 20.3 Å². The summed E-state index contributed by atoms with van der Waals surface area (Å²) in [6.07, 6.45) is 0.105. The minimum Gasteiger partial charge on any atom is -0.508 e. The Kier molecular flexibility index (Phi) is 2.45. The molecule has 1 aliphatic heterocycles. The van der Waals surface area contributed by atoms with E-state index in [2.05, 4.69) is 0 Å². The van der Waals surface area contributed by atoms with Crippen molar-refractivity contribution in [2.75, 3.05) is 20.3 Å². The Balaban J connectivity index is 2.14. The summed E-state index contributed by atoms with van der Waals surface area (Å²) in [6.45, 7) is 1.23. The number of aromatic hydroxyl groups is 1. The standard InChI is InChI=1S/C10H12O4/c1-12-10-4-7(11)2-3-9(10)14-8-5-13-6-8/h2-4,8,11H,5-6H2,1H3. The third-order valence-corrected chi connectivity index (χ3v) is 2.05. The highest BCUT2D eigenvalue weighted by Gasteiger charge is 2.21. The van der Waals surface area contributed by atoms with Crippen LogP contribution in [-0.2, 0) is 4.74 Å². The lowest BCUT2D eigenvalue weighted by atomic mass is 10.2. The van der Waals surface area contributed by atoms with E-state index < -0.39 is 0 Å². The number of hydrogen-bond donors (Lipinski definition) is 1. The highest BCUT2D eigenvalue weighted by atomic mass is 16.6. The van der Waals surface area contributed by atoms with Gasteiger partial charge in [-0.15, -0.1) is 0 Å². The normalized spacial score (nSPS) is 16.1. The zero-order valence-corrected chi connectivity index (χ0v) is 7.90. The van der Waals surface area contributed by atoms with Gasteiger partial charge in [-0.25, -0.2) is 0 Å². The van der Waals surface area contributed by atoms with Crippen molar-refractivity contribution >= 4 is 0 Å². The maximum Gasteiger partial charge on any atom is 0.164 e. The van der Waals surface area contributed by atoms with Crippen molar-refractivity contribution in [3.05, 3.63) is 18.2 Å². The van der Waals surface area contributed by atoms with E-state index in [-0.39, 0.29) is 11.9 Å². The second-order valence-corrected chi connectivity index (χ2v) is 3.11. The molecule has 1 aromatic rings. The Morgan fingerprint density at radius 1 is 1.36 bits per heavy atom. The van der Waals surface area contributed by atoms with Gasteiger partial charge in [0.25, 0.3) is 0 Å². The first-order valence-corrected chi connectivity index (χ1v) is 4.41. The molecule has 1 heterocycles. The molecular weight excluding hydrogens is 184 g/mol. The van der Waals surface area contributed by atoms with Crippen molar-refractivity contribution in [3.63, 3.8) is 0 Å². The van der Waals surface area contributed by atoms with Crippen LogP contribution >= 0.6 is 0 Å². The van der Waals surface area contributed by atoms with Gasteiger partial charge in [0.2, 0.25) is 0 Å². The molecule has 2 rings (SSSR count). The van der Waals surface area contributed by atoms with Gasteiger partial charge >= 0.3 is 0 Å². The fourth-order valence-corrected chi connectivity index (χ4v) is 1.22. The minimum atomic E-state index is 0.105. The zero-order valence-electron chi connectivity index (χ0n) is 7.90. The van der Waals surface area contributed by atoms with E-state index >= 15 is 0 Å². The average Bonchev–Trinajstić information content (AvgIpc) is 2.13. The van der Waals surface area contributed by atoms with Crippen molar-refractivity contribution < 1.29 is 19.3 Å². The van der Waals surface area contributed by atoms with Gasteiger partial charge in [0.1, 0.15) is 11.9 Å². The Hall–Kier alpha value is -1.42. The summed E-state index contributed by atoms with van der Waals surface area (Å²) < 4.78 is 15.6. The summed E-state index contributed by atoms with van der Waals surface area (Å²) in [5.41, 5.74) is 0. The Morgan fingerprint density at radius 2 is 2.14 bits per heavy atom. The first kappa shape index (κ1) is 9.15. The molecule has 1 aromatic carbocycles. The number of benzene rings is 1. The van der Waals surface area contributed by atoms with Gasteiger partial charge in [-0.3, -0.25) is 0 Å². The molecule has 4 heteroatoms. The van der Waals surface area contributed by atoms with Crippen LogP contribution in [0.3, 0.4) is 0 Å². The minimum absolute atomic E-state index is 0.105. The predicted molar refractivity (Wildman–Crippen MR) is 49.9 cm³/mol. The third kappa shape index (κ3) is 1.75. The van der Waals surface area contributed by atoms with Crippen LogP contribution in [0.1, 0.15) is 0 Å². The molecule has 14 heavy (non-hydrogen) atoms. The zero-order chi connectivity index (χ0) is 9.97. The average molecular weight is 196 g/mol. The summed E-state index contributed by atoms with van der Waals surface area (Å²) in [6, 6.07) is 4.78. The number of ether oxygens (including phenoxy) is 3. The summed E-state index contributed by atoms with van der Waals surface area (Å²) in [4.78, 5) is 0. The van der Waals surface area contributed by atoms with Gasteiger partial charge in [0.15, 0.2) is 11.5 Å². The Labute approximate surface area is 82.0 Å². The molecule has 1 saturated heterocycles. The van der Waals surface area contributed by atoms with E-state index in [9.17, 15) is 5.11 Å². The number of rotatable bonds is 3. The second kappa shape index (κ2) is 3.75. The molecule has 4 nitrogen and oxygen atoms in total. The van der Waals surface area contributed by atoms with Crippen molar-refractivity contribution in [1.29, 1.82) is 0 Å². The molecule has 0 unspecified atom stereocenters. The lowest BCUT2D eigenvalue weighted by Crippen LogP contribution is -2.38. The van der Waals surface area contributed by atoms with Crippen LogP contribution in [0.25, 0.3) is 0 Å². The fourth-order valence-electron chi connectivity index (χ4n) is 1.22. The summed E-state index contributed by atoms with van der Waals surface area (Å²) >= 11 is 0. The van der Waals surface area contributed by atoms with Crippen LogP contribution in [0.15, 0.2) is 18.2 Å².